The van der Waals surface area contributed by atoms with E-state index in [-0.39, 0.29) is 23.3 Å². The molecule has 0 aromatic heterocycles. The molecule has 1 aromatic carbocycles. The summed E-state index contributed by atoms with van der Waals surface area (Å²) < 4.78 is 42.6. The predicted octanol–water partition coefficient (Wildman–Crippen LogP) is 0.988. The van der Waals surface area contributed by atoms with Gasteiger partial charge in [-0.25, -0.2) is 17.1 Å². The maximum absolute atomic E-state index is 13.6. The van der Waals surface area contributed by atoms with Gasteiger partial charge in [0.1, 0.15) is 0 Å². The number of halogens is 1. The molecule has 1 aliphatic rings. The van der Waals surface area contributed by atoms with Crippen molar-refractivity contribution in [3.05, 3.63) is 29.6 Å². The van der Waals surface area contributed by atoms with E-state index < -0.39 is 15.8 Å². The van der Waals surface area contributed by atoms with Crippen LogP contribution in [0.2, 0.25) is 0 Å². The maximum Gasteiger partial charge on any atom is 0.251 e. The summed E-state index contributed by atoms with van der Waals surface area (Å²) in [4.78, 5) is 12.1. The average molecular weight is 330 g/mol. The number of ether oxygens (including phenoxy) is 1. The number of hydrogen-bond donors (Lipinski definition) is 1. The second-order valence-corrected chi connectivity index (χ2v) is 7.24. The lowest BCUT2D eigenvalue weighted by Crippen LogP contribution is -2.46. The fraction of sp³-hybridized carbons (Fsp3) is 0.500. The van der Waals surface area contributed by atoms with E-state index in [4.69, 9.17) is 4.74 Å². The topological polar surface area (TPSA) is 75.7 Å². The molecule has 0 aliphatic carbocycles. The number of nitrogens with one attached hydrogen (secondary N) is 1. The largest absolute Gasteiger partial charge is 0.494 e. The van der Waals surface area contributed by atoms with Crippen LogP contribution < -0.4 is 10.1 Å². The molecule has 0 spiro atoms. The second-order valence-electron chi connectivity index (χ2n) is 5.26. The first-order valence-electron chi connectivity index (χ1n) is 6.91. The fourth-order valence-electron chi connectivity index (χ4n) is 2.41. The molecular weight excluding hydrogens is 311 g/mol. The summed E-state index contributed by atoms with van der Waals surface area (Å²) in [7, 11) is -1.83. The smallest absolute Gasteiger partial charge is 0.251 e. The van der Waals surface area contributed by atoms with Crippen LogP contribution in [0.5, 0.6) is 5.75 Å². The quantitative estimate of drug-likeness (QED) is 0.893. The number of carbonyl (C=O) groups excluding carboxylic acids is 1. The third-order valence-corrected chi connectivity index (χ3v) is 4.98. The Morgan fingerprint density at radius 1 is 1.36 bits per heavy atom. The number of benzene rings is 1. The molecule has 1 aromatic rings. The van der Waals surface area contributed by atoms with Crippen LogP contribution in [0.25, 0.3) is 0 Å². The van der Waals surface area contributed by atoms with E-state index in [0.29, 0.717) is 25.9 Å². The van der Waals surface area contributed by atoms with Gasteiger partial charge in [-0.05, 0) is 31.0 Å². The number of amides is 1. The highest BCUT2D eigenvalue weighted by Crippen LogP contribution is 2.18. The van der Waals surface area contributed by atoms with Gasteiger partial charge in [0.2, 0.25) is 10.0 Å². The summed E-state index contributed by atoms with van der Waals surface area (Å²) in [6.07, 6.45) is 2.25. The van der Waals surface area contributed by atoms with Crippen molar-refractivity contribution in [3.8, 4) is 5.75 Å². The van der Waals surface area contributed by atoms with Gasteiger partial charge in [0.15, 0.2) is 11.6 Å². The highest BCUT2D eigenvalue weighted by Gasteiger charge is 2.26. The Kier molecular flexibility index (Phi) is 5.02. The summed E-state index contributed by atoms with van der Waals surface area (Å²) >= 11 is 0. The Labute approximate surface area is 129 Å². The monoisotopic (exact) mass is 330 g/mol. The van der Waals surface area contributed by atoms with E-state index in [0.717, 1.165) is 6.07 Å². The summed E-state index contributed by atoms with van der Waals surface area (Å²) in [5, 5.41) is 2.80. The minimum absolute atomic E-state index is 0.0815. The third kappa shape index (κ3) is 3.95. The molecule has 0 unspecified atom stereocenters. The molecule has 1 aliphatic heterocycles. The summed E-state index contributed by atoms with van der Waals surface area (Å²) in [5.74, 6) is -0.889. The molecule has 0 radical (unpaired) electrons. The van der Waals surface area contributed by atoms with Crippen molar-refractivity contribution in [2.45, 2.75) is 18.9 Å². The van der Waals surface area contributed by atoms with E-state index in [1.165, 1.54) is 29.8 Å². The number of nitrogens with zero attached hydrogens (tertiary/aromatic N) is 1. The first kappa shape index (κ1) is 16.7. The summed E-state index contributed by atoms with van der Waals surface area (Å²) in [6, 6.07) is 3.90. The lowest BCUT2D eigenvalue weighted by atomic mass is 10.1. The number of carbonyl (C=O) groups is 1. The summed E-state index contributed by atoms with van der Waals surface area (Å²) in [6.45, 7) is 0.751. The van der Waals surface area contributed by atoms with Crippen LogP contribution in [0.1, 0.15) is 23.2 Å². The highest BCUT2D eigenvalue weighted by molar-refractivity contribution is 7.88. The van der Waals surface area contributed by atoms with Crippen LogP contribution in [0, 0.1) is 5.82 Å². The molecule has 1 heterocycles. The molecular formula is C14H19FN2O4S. The minimum atomic E-state index is -3.19. The maximum atomic E-state index is 13.6. The van der Waals surface area contributed by atoms with Gasteiger partial charge in [-0.1, -0.05) is 0 Å². The fourth-order valence-corrected chi connectivity index (χ4v) is 3.28. The van der Waals surface area contributed by atoms with Crippen molar-refractivity contribution in [2.75, 3.05) is 26.5 Å². The van der Waals surface area contributed by atoms with Gasteiger partial charge in [0.05, 0.1) is 13.4 Å². The lowest BCUT2D eigenvalue weighted by molar-refractivity contribution is 0.0923. The van der Waals surface area contributed by atoms with Crippen LogP contribution in [0.4, 0.5) is 4.39 Å². The van der Waals surface area contributed by atoms with Crippen LogP contribution in [0.3, 0.4) is 0 Å². The summed E-state index contributed by atoms with van der Waals surface area (Å²) in [5.41, 5.74) is 0.212. The Bertz CT molecular complexity index is 655. The zero-order valence-corrected chi connectivity index (χ0v) is 13.3. The zero-order valence-electron chi connectivity index (χ0n) is 12.5. The Morgan fingerprint density at radius 2 is 2.00 bits per heavy atom. The van der Waals surface area contributed by atoms with E-state index in [1.807, 2.05) is 0 Å². The normalized spacial score (nSPS) is 17.2. The molecule has 0 saturated carbocycles. The number of methoxy groups -OCH3 is 1. The second kappa shape index (κ2) is 6.62. The first-order valence-corrected chi connectivity index (χ1v) is 8.75. The van der Waals surface area contributed by atoms with Crippen molar-refractivity contribution in [1.82, 2.24) is 9.62 Å². The van der Waals surface area contributed by atoms with Gasteiger partial charge in [0.25, 0.3) is 5.91 Å². The third-order valence-electron chi connectivity index (χ3n) is 3.67. The minimum Gasteiger partial charge on any atom is -0.494 e. The highest BCUT2D eigenvalue weighted by atomic mass is 32.2. The van der Waals surface area contributed by atoms with Crippen molar-refractivity contribution in [1.29, 1.82) is 0 Å². The molecule has 8 heteroatoms. The number of hydrogen-bond acceptors (Lipinski definition) is 4. The molecule has 22 heavy (non-hydrogen) atoms. The zero-order chi connectivity index (χ0) is 16.3. The van der Waals surface area contributed by atoms with Gasteiger partial charge < -0.3 is 10.1 Å². The number of sulfonamides is 1. The van der Waals surface area contributed by atoms with Crippen molar-refractivity contribution in [3.63, 3.8) is 0 Å². The van der Waals surface area contributed by atoms with E-state index >= 15 is 0 Å². The first-order chi connectivity index (χ1) is 10.3. The van der Waals surface area contributed by atoms with Crippen LogP contribution in [0.15, 0.2) is 18.2 Å². The van der Waals surface area contributed by atoms with Gasteiger partial charge >= 0.3 is 0 Å². The van der Waals surface area contributed by atoms with E-state index in [2.05, 4.69) is 5.32 Å². The van der Waals surface area contributed by atoms with Crippen LogP contribution in [-0.4, -0.2) is 51.1 Å². The lowest BCUT2D eigenvalue weighted by Gasteiger charge is -2.30. The molecule has 1 saturated heterocycles. The van der Waals surface area contributed by atoms with Crippen molar-refractivity contribution < 1.29 is 22.3 Å². The Hall–Kier alpha value is -1.67. The molecule has 1 amide bonds. The predicted molar refractivity (Wildman–Crippen MR) is 79.9 cm³/mol. The Balaban J connectivity index is 1.95. The molecule has 1 N–H and O–H groups in total. The number of rotatable bonds is 4. The molecule has 1 fully saturated rings. The average Bonchev–Trinajstić information content (AvgIpc) is 2.46. The van der Waals surface area contributed by atoms with Gasteiger partial charge in [-0.15, -0.1) is 0 Å². The van der Waals surface area contributed by atoms with Gasteiger partial charge in [-0.2, -0.15) is 0 Å². The van der Waals surface area contributed by atoms with Gasteiger partial charge in [-0.3, -0.25) is 4.79 Å². The molecule has 2 rings (SSSR count). The van der Waals surface area contributed by atoms with E-state index in [9.17, 15) is 17.6 Å². The SMILES string of the molecule is COc1ccc(C(=O)NC2CCN(S(C)(=O)=O)CC2)cc1F. The molecule has 0 atom stereocenters. The van der Waals surface area contributed by atoms with Gasteiger partial charge in [0, 0.05) is 24.7 Å². The molecule has 6 nitrogen and oxygen atoms in total. The molecule has 122 valence electrons. The van der Waals surface area contributed by atoms with E-state index in [1.54, 1.807) is 0 Å². The van der Waals surface area contributed by atoms with Crippen LogP contribution >= 0.6 is 0 Å². The van der Waals surface area contributed by atoms with Crippen molar-refractivity contribution in [2.24, 2.45) is 0 Å². The Morgan fingerprint density at radius 3 is 2.50 bits per heavy atom. The van der Waals surface area contributed by atoms with Crippen LogP contribution in [-0.2, 0) is 10.0 Å². The standard InChI is InChI=1S/C14H19FN2O4S/c1-21-13-4-3-10(9-12(13)15)14(18)16-11-5-7-17(8-6-11)22(2,19)20/h3-4,9,11H,5-8H2,1-2H3,(H,16,18). The number of piperidine rings is 1. The molecule has 0 bridgehead atoms. The van der Waals surface area contributed by atoms with Crippen molar-refractivity contribution >= 4 is 15.9 Å².